The van der Waals surface area contributed by atoms with E-state index >= 15 is 0 Å². The molecule has 0 saturated carbocycles. The number of nitrogens with two attached hydrogens (primary N) is 1. The van der Waals surface area contributed by atoms with Crippen molar-refractivity contribution in [2.45, 2.75) is 19.4 Å². The highest BCUT2D eigenvalue weighted by molar-refractivity contribution is 5.97. The third-order valence-electron chi connectivity index (χ3n) is 3.91. The van der Waals surface area contributed by atoms with E-state index in [1.54, 1.807) is 0 Å². The first kappa shape index (κ1) is 13.5. The van der Waals surface area contributed by atoms with Crippen LogP contribution in [0.5, 0.6) is 0 Å². The van der Waals surface area contributed by atoms with Crippen LogP contribution in [-0.2, 0) is 13.0 Å². The molecular formula is C17H19N3O. The molecule has 0 bridgehead atoms. The van der Waals surface area contributed by atoms with Gasteiger partial charge in [-0.25, -0.2) is 0 Å². The van der Waals surface area contributed by atoms with Crippen LogP contribution in [0.4, 0.5) is 5.69 Å². The molecule has 0 aliphatic carbocycles. The van der Waals surface area contributed by atoms with Crippen LogP contribution in [0.15, 0.2) is 53.7 Å². The number of aryl methyl sites for hydroxylation is 1. The monoisotopic (exact) mass is 281 g/mol. The van der Waals surface area contributed by atoms with E-state index in [1.807, 2.05) is 18.2 Å². The fraction of sp³-hybridized carbons (Fsp3) is 0.235. The highest BCUT2D eigenvalue weighted by Gasteiger charge is 2.16. The Kier molecular flexibility index (Phi) is 3.77. The van der Waals surface area contributed by atoms with Crippen molar-refractivity contribution < 1.29 is 5.21 Å². The molecule has 1 aliphatic rings. The molecule has 1 aliphatic heterocycles. The van der Waals surface area contributed by atoms with E-state index in [-0.39, 0.29) is 5.84 Å². The molecule has 3 rings (SSSR count). The van der Waals surface area contributed by atoms with E-state index in [4.69, 9.17) is 10.9 Å². The van der Waals surface area contributed by atoms with Gasteiger partial charge in [0.25, 0.3) is 0 Å². The fourth-order valence-corrected chi connectivity index (χ4v) is 2.88. The summed E-state index contributed by atoms with van der Waals surface area (Å²) in [7, 11) is 0. The van der Waals surface area contributed by atoms with E-state index < -0.39 is 0 Å². The zero-order chi connectivity index (χ0) is 14.7. The summed E-state index contributed by atoms with van der Waals surface area (Å²) in [6.07, 6.45) is 2.33. The van der Waals surface area contributed by atoms with Gasteiger partial charge in [-0.3, -0.25) is 0 Å². The number of nitrogens with zero attached hydrogens (tertiary/aromatic N) is 2. The smallest absolute Gasteiger partial charge is 0.170 e. The minimum absolute atomic E-state index is 0.149. The van der Waals surface area contributed by atoms with Crippen molar-refractivity contribution in [1.29, 1.82) is 0 Å². The van der Waals surface area contributed by atoms with Crippen molar-refractivity contribution in [1.82, 2.24) is 0 Å². The van der Waals surface area contributed by atoms with Crippen molar-refractivity contribution in [2.75, 3.05) is 11.4 Å². The molecule has 1 heterocycles. The van der Waals surface area contributed by atoms with Crippen LogP contribution in [0.3, 0.4) is 0 Å². The van der Waals surface area contributed by atoms with E-state index in [1.165, 1.54) is 17.7 Å². The number of hydrogen-bond donors (Lipinski definition) is 2. The van der Waals surface area contributed by atoms with E-state index in [0.717, 1.165) is 30.6 Å². The van der Waals surface area contributed by atoms with Gasteiger partial charge in [0.2, 0.25) is 0 Å². The second-order valence-electron chi connectivity index (χ2n) is 5.34. The molecule has 2 aromatic carbocycles. The average molecular weight is 281 g/mol. The summed E-state index contributed by atoms with van der Waals surface area (Å²) in [5, 5.41) is 11.8. The number of amidine groups is 1. The number of anilines is 1. The highest BCUT2D eigenvalue weighted by atomic mass is 16.4. The molecule has 4 heteroatoms. The Morgan fingerprint density at radius 2 is 2.05 bits per heavy atom. The van der Waals surface area contributed by atoms with Gasteiger partial charge in [0, 0.05) is 24.3 Å². The molecule has 0 saturated heterocycles. The van der Waals surface area contributed by atoms with Crippen molar-refractivity contribution >= 4 is 11.5 Å². The third-order valence-corrected chi connectivity index (χ3v) is 3.91. The summed E-state index contributed by atoms with van der Waals surface area (Å²) in [6.45, 7) is 1.90. The lowest BCUT2D eigenvalue weighted by molar-refractivity contribution is 0.318. The van der Waals surface area contributed by atoms with Crippen molar-refractivity contribution in [2.24, 2.45) is 10.9 Å². The van der Waals surface area contributed by atoms with E-state index in [0.29, 0.717) is 0 Å². The van der Waals surface area contributed by atoms with Crippen LogP contribution in [0.2, 0.25) is 0 Å². The SMILES string of the molecule is N/C(=N\O)c1cccc(CN2CCCc3ccccc32)c1. The van der Waals surface area contributed by atoms with E-state index in [9.17, 15) is 0 Å². The van der Waals surface area contributed by atoms with Gasteiger partial charge in [-0.15, -0.1) is 0 Å². The predicted octanol–water partition coefficient (Wildman–Crippen LogP) is 2.73. The largest absolute Gasteiger partial charge is 0.409 e. The maximum atomic E-state index is 8.78. The zero-order valence-electron chi connectivity index (χ0n) is 11.9. The highest BCUT2D eigenvalue weighted by Crippen LogP contribution is 2.28. The minimum Gasteiger partial charge on any atom is -0.409 e. The van der Waals surface area contributed by atoms with Crippen molar-refractivity contribution in [3.8, 4) is 0 Å². The summed E-state index contributed by atoms with van der Waals surface area (Å²) in [4.78, 5) is 2.39. The molecule has 0 aromatic heterocycles. The molecule has 0 amide bonds. The topological polar surface area (TPSA) is 61.9 Å². The van der Waals surface area contributed by atoms with Gasteiger partial charge in [-0.05, 0) is 36.1 Å². The summed E-state index contributed by atoms with van der Waals surface area (Å²) in [5.41, 5.74) is 10.3. The first-order chi connectivity index (χ1) is 10.3. The normalized spacial score (nSPS) is 14.9. The first-order valence-corrected chi connectivity index (χ1v) is 7.17. The molecule has 108 valence electrons. The number of oxime groups is 1. The Morgan fingerprint density at radius 1 is 1.19 bits per heavy atom. The molecule has 2 aromatic rings. The maximum Gasteiger partial charge on any atom is 0.170 e. The standard InChI is InChI=1S/C17H19N3O/c18-17(19-21)15-7-3-5-13(11-15)12-20-10-4-8-14-6-1-2-9-16(14)20/h1-3,5-7,9,11,21H,4,8,10,12H2,(H2,18,19). The summed E-state index contributed by atoms with van der Waals surface area (Å²) >= 11 is 0. The number of hydrogen-bond acceptors (Lipinski definition) is 3. The Balaban J connectivity index is 1.85. The van der Waals surface area contributed by atoms with Crippen molar-refractivity contribution in [3.05, 3.63) is 65.2 Å². The minimum atomic E-state index is 0.149. The summed E-state index contributed by atoms with van der Waals surface area (Å²) in [6, 6.07) is 16.4. The second-order valence-corrected chi connectivity index (χ2v) is 5.34. The van der Waals surface area contributed by atoms with Gasteiger partial charge in [0.1, 0.15) is 0 Å². The number of fused-ring (bicyclic) bond motifs is 1. The molecule has 0 atom stereocenters. The molecule has 0 unspecified atom stereocenters. The van der Waals surface area contributed by atoms with Crippen LogP contribution in [0.1, 0.15) is 23.1 Å². The van der Waals surface area contributed by atoms with Gasteiger partial charge in [0.15, 0.2) is 5.84 Å². The van der Waals surface area contributed by atoms with Gasteiger partial charge in [-0.1, -0.05) is 41.6 Å². The van der Waals surface area contributed by atoms with Gasteiger partial charge < -0.3 is 15.8 Å². The van der Waals surface area contributed by atoms with Gasteiger partial charge in [0.05, 0.1) is 0 Å². The van der Waals surface area contributed by atoms with Crippen LogP contribution in [0.25, 0.3) is 0 Å². The lowest BCUT2D eigenvalue weighted by atomic mass is 10.0. The Morgan fingerprint density at radius 3 is 2.90 bits per heavy atom. The van der Waals surface area contributed by atoms with E-state index in [2.05, 4.69) is 40.4 Å². The van der Waals surface area contributed by atoms with Crippen LogP contribution < -0.4 is 10.6 Å². The summed E-state index contributed by atoms with van der Waals surface area (Å²) in [5.74, 6) is 0.149. The average Bonchev–Trinajstić information content (AvgIpc) is 2.55. The maximum absolute atomic E-state index is 8.78. The number of para-hydroxylation sites is 1. The number of rotatable bonds is 3. The van der Waals surface area contributed by atoms with Crippen LogP contribution in [0, 0.1) is 0 Å². The molecule has 0 radical (unpaired) electrons. The molecule has 3 N–H and O–H groups in total. The molecule has 21 heavy (non-hydrogen) atoms. The lowest BCUT2D eigenvalue weighted by Gasteiger charge is -2.31. The zero-order valence-corrected chi connectivity index (χ0v) is 11.9. The quantitative estimate of drug-likeness (QED) is 0.393. The first-order valence-electron chi connectivity index (χ1n) is 7.17. The Hall–Kier alpha value is -2.49. The molecule has 4 nitrogen and oxygen atoms in total. The Bertz CT molecular complexity index is 667. The lowest BCUT2D eigenvalue weighted by Crippen LogP contribution is -2.28. The van der Waals surface area contributed by atoms with Gasteiger partial charge >= 0.3 is 0 Å². The molecule has 0 spiro atoms. The predicted molar refractivity (Wildman–Crippen MR) is 84.8 cm³/mol. The van der Waals surface area contributed by atoms with Crippen LogP contribution >= 0.6 is 0 Å². The molecule has 0 fully saturated rings. The molecular weight excluding hydrogens is 262 g/mol. The van der Waals surface area contributed by atoms with Crippen molar-refractivity contribution in [3.63, 3.8) is 0 Å². The van der Waals surface area contributed by atoms with Gasteiger partial charge in [-0.2, -0.15) is 0 Å². The fourth-order valence-electron chi connectivity index (χ4n) is 2.88. The third kappa shape index (κ3) is 2.84. The Labute approximate surface area is 124 Å². The summed E-state index contributed by atoms with van der Waals surface area (Å²) < 4.78 is 0. The van der Waals surface area contributed by atoms with Crippen LogP contribution in [-0.4, -0.2) is 17.6 Å². The number of benzene rings is 2. The second kappa shape index (κ2) is 5.87.